The van der Waals surface area contributed by atoms with Gasteiger partial charge in [-0.25, -0.2) is 0 Å². The third-order valence-electron chi connectivity index (χ3n) is 6.46. The molecule has 0 atom stereocenters. The molecular formula is C28H21N3. The van der Waals surface area contributed by atoms with Crippen molar-refractivity contribution in [1.29, 1.82) is 0 Å². The highest BCUT2D eigenvalue weighted by Gasteiger charge is 2.37. The summed E-state index contributed by atoms with van der Waals surface area (Å²) in [5.74, 6) is 0. The van der Waals surface area contributed by atoms with E-state index in [9.17, 15) is 0 Å². The summed E-state index contributed by atoms with van der Waals surface area (Å²) in [4.78, 5) is 13.4. The fourth-order valence-electron chi connectivity index (χ4n) is 4.95. The van der Waals surface area contributed by atoms with E-state index in [0.717, 1.165) is 27.9 Å². The molecule has 0 fully saturated rings. The predicted molar refractivity (Wildman–Crippen MR) is 126 cm³/mol. The summed E-state index contributed by atoms with van der Waals surface area (Å²) in [6.45, 7) is 4.63. The molecule has 0 N–H and O–H groups in total. The van der Waals surface area contributed by atoms with Crippen LogP contribution in [0.25, 0.3) is 44.4 Å². The second-order valence-electron chi connectivity index (χ2n) is 8.61. The Morgan fingerprint density at radius 1 is 0.645 bits per heavy atom. The lowest BCUT2D eigenvalue weighted by Gasteiger charge is -2.23. The van der Waals surface area contributed by atoms with Crippen LogP contribution in [0.15, 0.2) is 91.5 Å². The van der Waals surface area contributed by atoms with E-state index in [1.807, 2.05) is 49.1 Å². The summed E-state index contributed by atoms with van der Waals surface area (Å²) in [5, 5.41) is 1.24. The molecule has 0 unspecified atom stereocenters. The molecule has 3 heterocycles. The Morgan fingerprint density at radius 3 is 2.32 bits per heavy atom. The van der Waals surface area contributed by atoms with Gasteiger partial charge in [-0.2, -0.15) is 0 Å². The van der Waals surface area contributed by atoms with Crippen molar-refractivity contribution in [3.8, 4) is 33.5 Å². The minimum Gasteiger partial charge on any atom is -0.265 e. The molecule has 31 heavy (non-hydrogen) atoms. The van der Waals surface area contributed by atoms with Crippen LogP contribution >= 0.6 is 0 Å². The summed E-state index contributed by atoms with van der Waals surface area (Å²) in [6, 6.07) is 23.6. The van der Waals surface area contributed by atoms with Crippen molar-refractivity contribution in [3.05, 3.63) is 103 Å². The van der Waals surface area contributed by atoms with E-state index in [1.54, 1.807) is 0 Å². The molecule has 0 aliphatic heterocycles. The number of pyridine rings is 3. The highest BCUT2D eigenvalue weighted by molar-refractivity contribution is 5.96. The molecule has 0 saturated heterocycles. The molecule has 0 radical (unpaired) electrons. The molecule has 2 aromatic carbocycles. The lowest BCUT2D eigenvalue weighted by Crippen LogP contribution is -2.15. The third kappa shape index (κ3) is 2.70. The molecular weight excluding hydrogens is 378 g/mol. The van der Waals surface area contributed by atoms with Crippen molar-refractivity contribution in [2.24, 2.45) is 0 Å². The number of benzene rings is 2. The fourth-order valence-corrected chi connectivity index (χ4v) is 4.95. The predicted octanol–water partition coefficient (Wildman–Crippen LogP) is 6.67. The van der Waals surface area contributed by atoms with E-state index in [1.165, 1.54) is 27.6 Å². The van der Waals surface area contributed by atoms with Gasteiger partial charge in [0.1, 0.15) is 0 Å². The first-order valence-corrected chi connectivity index (χ1v) is 10.5. The lowest BCUT2D eigenvalue weighted by atomic mass is 9.80. The van der Waals surface area contributed by atoms with Gasteiger partial charge >= 0.3 is 0 Å². The number of fused-ring (bicyclic) bond motifs is 5. The van der Waals surface area contributed by atoms with Crippen LogP contribution in [0.5, 0.6) is 0 Å². The minimum atomic E-state index is -0.105. The Balaban J connectivity index is 1.50. The third-order valence-corrected chi connectivity index (χ3v) is 6.46. The van der Waals surface area contributed by atoms with Crippen LogP contribution in [0.2, 0.25) is 0 Å². The van der Waals surface area contributed by atoms with Crippen molar-refractivity contribution >= 4 is 10.9 Å². The van der Waals surface area contributed by atoms with Gasteiger partial charge in [-0.1, -0.05) is 38.1 Å². The monoisotopic (exact) mass is 399 g/mol. The van der Waals surface area contributed by atoms with E-state index in [4.69, 9.17) is 0 Å². The topological polar surface area (TPSA) is 38.7 Å². The second-order valence-corrected chi connectivity index (χ2v) is 8.61. The molecule has 3 aromatic heterocycles. The molecule has 0 spiro atoms. The van der Waals surface area contributed by atoms with Crippen LogP contribution in [-0.4, -0.2) is 15.0 Å². The van der Waals surface area contributed by atoms with E-state index in [-0.39, 0.29) is 5.41 Å². The van der Waals surface area contributed by atoms with Crippen LogP contribution in [-0.2, 0) is 5.41 Å². The van der Waals surface area contributed by atoms with Gasteiger partial charge in [-0.15, -0.1) is 0 Å². The van der Waals surface area contributed by atoms with Crippen LogP contribution in [0, 0.1) is 0 Å². The first-order chi connectivity index (χ1) is 15.1. The van der Waals surface area contributed by atoms with Gasteiger partial charge in [0.2, 0.25) is 0 Å². The maximum atomic E-state index is 4.68. The Labute approximate surface area is 181 Å². The molecule has 6 rings (SSSR count). The average molecular weight is 399 g/mol. The van der Waals surface area contributed by atoms with Gasteiger partial charge in [0.15, 0.2) is 0 Å². The normalized spacial score (nSPS) is 13.7. The number of hydrogen-bond acceptors (Lipinski definition) is 3. The Kier molecular flexibility index (Phi) is 3.81. The summed E-state index contributed by atoms with van der Waals surface area (Å²) in [7, 11) is 0. The van der Waals surface area contributed by atoms with Crippen molar-refractivity contribution in [2.75, 3.05) is 0 Å². The van der Waals surface area contributed by atoms with E-state index in [0.29, 0.717) is 0 Å². The summed E-state index contributed by atoms with van der Waals surface area (Å²) in [6.07, 6.45) is 7.40. The standard InChI is InChI=1S/C28H21N3/c1-28(2)24-16-20(26-17-19(11-15-31-26)18-9-13-29-14-10-18)5-6-21(24)22-7-8-25-23(27(22)28)4-3-12-30-25/h3-17H,1-2H3. The molecule has 3 heteroatoms. The van der Waals surface area contributed by atoms with Gasteiger partial charge in [-0.05, 0) is 75.8 Å². The zero-order chi connectivity index (χ0) is 21.0. The SMILES string of the molecule is CC1(C)c2cc(-c3cc(-c4ccncc4)ccn3)ccc2-c2ccc3ncccc3c21. The van der Waals surface area contributed by atoms with E-state index in [2.05, 4.69) is 71.3 Å². The highest BCUT2D eigenvalue weighted by Crippen LogP contribution is 2.51. The maximum absolute atomic E-state index is 4.68. The van der Waals surface area contributed by atoms with Crippen LogP contribution in [0.3, 0.4) is 0 Å². The van der Waals surface area contributed by atoms with Gasteiger partial charge in [0.05, 0.1) is 11.2 Å². The number of hydrogen-bond donors (Lipinski definition) is 0. The van der Waals surface area contributed by atoms with Crippen molar-refractivity contribution in [3.63, 3.8) is 0 Å². The largest absolute Gasteiger partial charge is 0.265 e. The van der Waals surface area contributed by atoms with Gasteiger partial charge in [-0.3, -0.25) is 15.0 Å². The maximum Gasteiger partial charge on any atom is 0.0708 e. The van der Waals surface area contributed by atoms with Gasteiger partial charge in [0.25, 0.3) is 0 Å². The summed E-state index contributed by atoms with van der Waals surface area (Å²) < 4.78 is 0. The van der Waals surface area contributed by atoms with E-state index < -0.39 is 0 Å². The minimum absolute atomic E-state index is 0.105. The number of aromatic nitrogens is 3. The zero-order valence-corrected chi connectivity index (χ0v) is 17.5. The second kappa shape index (κ2) is 6.58. The summed E-state index contributed by atoms with van der Waals surface area (Å²) >= 11 is 0. The van der Waals surface area contributed by atoms with Gasteiger partial charge < -0.3 is 0 Å². The first kappa shape index (κ1) is 18.0. The van der Waals surface area contributed by atoms with Crippen molar-refractivity contribution < 1.29 is 0 Å². The first-order valence-electron chi connectivity index (χ1n) is 10.5. The molecule has 1 aliphatic rings. The number of nitrogens with zero attached hydrogens (tertiary/aromatic N) is 3. The molecule has 0 amide bonds. The highest BCUT2D eigenvalue weighted by atomic mass is 14.7. The van der Waals surface area contributed by atoms with Crippen molar-refractivity contribution in [2.45, 2.75) is 19.3 Å². The smallest absolute Gasteiger partial charge is 0.0708 e. The molecule has 3 nitrogen and oxygen atoms in total. The Bertz CT molecular complexity index is 1450. The Morgan fingerprint density at radius 2 is 1.45 bits per heavy atom. The molecule has 0 bridgehead atoms. The van der Waals surface area contributed by atoms with Crippen molar-refractivity contribution in [1.82, 2.24) is 15.0 Å². The van der Waals surface area contributed by atoms with E-state index >= 15 is 0 Å². The summed E-state index contributed by atoms with van der Waals surface area (Å²) in [5.41, 5.74) is 10.7. The molecule has 148 valence electrons. The zero-order valence-electron chi connectivity index (χ0n) is 17.5. The van der Waals surface area contributed by atoms with Crippen LogP contribution in [0.4, 0.5) is 0 Å². The fraction of sp³-hybridized carbons (Fsp3) is 0.107. The van der Waals surface area contributed by atoms with Crippen LogP contribution < -0.4 is 0 Å². The average Bonchev–Trinajstić information content (AvgIpc) is 3.06. The lowest BCUT2D eigenvalue weighted by molar-refractivity contribution is 0.666. The molecule has 1 aliphatic carbocycles. The molecule has 5 aromatic rings. The quantitative estimate of drug-likeness (QED) is 0.333. The number of rotatable bonds is 2. The Hall–Kier alpha value is -3.85. The van der Waals surface area contributed by atoms with Gasteiger partial charge in [0, 0.05) is 41.2 Å². The van der Waals surface area contributed by atoms with Crippen LogP contribution in [0.1, 0.15) is 25.0 Å². The molecule has 0 saturated carbocycles.